The van der Waals surface area contributed by atoms with Gasteiger partial charge >= 0.3 is 15.5 Å². The average Bonchev–Trinajstić information content (AvgIpc) is 3.77. The van der Waals surface area contributed by atoms with Crippen molar-refractivity contribution < 1.29 is 53.8 Å². The van der Waals surface area contributed by atoms with Crippen LogP contribution in [0.3, 0.4) is 0 Å². The molecule has 1 aliphatic heterocycles. The molecule has 5 rings (SSSR count). The van der Waals surface area contributed by atoms with Crippen molar-refractivity contribution in [2.45, 2.75) is 55.5 Å². The number of anilines is 1. The summed E-state index contributed by atoms with van der Waals surface area (Å²) < 4.78 is 108. The van der Waals surface area contributed by atoms with E-state index in [1.807, 2.05) is 53.1 Å². The summed E-state index contributed by atoms with van der Waals surface area (Å²) in [6.45, 7) is 1.00. The van der Waals surface area contributed by atoms with Crippen LogP contribution in [0.5, 0.6) is 0 Å². The number of halogens is 3. The lowest BCUT2D eigenvalue weighted by Gasteiger charge is -2.24. The van der Waals surface area contributed by atoms with Gasteiger partial charge in [-0.1, -0.05) is 53.4 Å². The van der Waals surface area contributed by atoms with E-state index in [4.69, 9.17) is 0 Å². The molecule has 19 heteroatoms. The van der Waals surface area contributed by atoms with Crippen LogP contribution in [0.25, 0.3) is 16.3 Å². The number of allylic oxidation sites excluding steroid dienone is 5. The molecule has 0 fully saturated rings. The lowest BCUT2D eigenvalue weighted by Crippen LogP contribution is -2.38. The van der Waals surface area contributed by atoms with Gasteiger partial charge in [-0.25, -0.2) is 8.42 Å². The number of aromatic nitrogens is 1. The summed E-state index contributed by atoms with van der Waals surface area (Å²) in [6, 6.07) is 15.3. The highest BCUT2D eigenvalue weighted by Crippen LogP contribution is 2.46. The Morgan fingerprint density at radius 2 is 1.75 bits per heavy atom. The quantitative estimate of drug-likeness (QED) is 0.0374. The van der Waals surface area contributed by atoms with Crippen molar-refractivity contribution in [1.29, 1.82) is 0 Å². The molecular weight excluding hydrogens is 784 g/mol. The lowest BCUT2D eigenvalue weighted by molar-refractivity contribution is -0.777. The highest BCUT2D eigenvalue weighted by atomic mass is 32.2. The molecule has 0 unspecified atom stereocenters. The standard InChI is InChI=1S/C33H36F3N3O8S5/c1-37(52(44,45)33(34,35)36)32-24(16-18-30-38(20-6-8-22-48-47-46-40)26-10-2-4-12-28(26)49-30)14-15-25(32)17-19-31-39(21-7-9-23-51(41,42)43)27-11-3-5-13-29(27)50-31/h2-5,10-13,16-19H,6-9,14-15,20-23H2,1H3,(H-,40,41,42,43)/p-1. The van der Waals surface area contributed by atoms with Gasteiger partial charge in [0.15, 0.2) is 6.54 Å². The summed E-state index contributed by atoms with van der Waals surface area (Å²) in [5.74, 6) is 0.0460. The number of fused-ring (bicyclic) bond motifs is 2. The molecule has 1 aromatic heterocycles. The molecule has 0 spiro atoms. The number of aryl methyl sites for hydroxylation is 1. The highest BCUT2D eigenvalue weighted by Gasteiger charge is 2.50. The van der Waals surface area contributed by atoms with Crippen LogP contribution in [0.2, 0.25) is 0 Å². The third-order valence-electron chi connectivity index (χ3n) is 8.33. The van der Waals surface area contributed by atoms with Crippen LogP contribution in [0, 0.1) is 0 Å². The van der Waals surface area contributed by atoms with E-state index in [1.165, 1.54) is 23.1 Å². The fraction of sp³-hybridized carbons (Fsp3) is 0.364. The van der Waals surface area contributed by atoms with E-state index in [9.17, 15) is 39.8 Å². The number of sulfonamides is 1. The zero-order valence-corrected chi connectivity index (χ0v) is 31.9. The van der Waals surface area contributed by atoms with Gasteiger partial charge < -0.3 is 14.7 Å². The van der Waals surface area contributed by atoms with Crippen molar-refractivity contribution >= 4 is 77.3 Å². The highest BCUT2D eigenvalue weighted by molar-refractivity contribution is 8.03. The molecule has 0 atom stereocenters. The van der Waals surface area contributed by atoms with Gasteiger partial charge in [0.2, 0.25) is 5.52 Å². The smallest absolute Gasteiger partial charge is 0.516 e. The fourth-order valence-electron chi connectivity index (χ4n) is 5.91. The number of alkyl halides is 3. The number of thiazole rings is 1. The van der Waals surface area contributed by atoms with Crippen molar-refractivity contribution in [3.05, 3.63) is 93.6 Å². The fourth-order valence-corrected chi connectivity index (χ4v) is 9.86. The Labute approximate surface area is 313 Å². The minimum atomic E-state index is -5.73. The largest absolute Gasteiger partial charge is 0.748 e. The Kier molecular flexibility index (Phi) is 13.6. The van der Waals surface area contributed by atoms with Gasteiger partial charge in [0, 0.05) is 60.6 Å². The van der Waals surface area contributed by atoms with E-state index in [1.54, 1.807) is 24.3 Å². The molecule has 0 radical (unpaired) electrons. The third-order valence-corrected chi connectivity index (χ3v) is 13.5. The number of benzene rings is 2. The van der Waals surface area contributed by atoms with Crippen LogP contribution in [-0.4, -0.2) is 56.3 Å². The molecule has 0 amide bonds. The maximum absolute atomic E-state index is 13.9. The Balaban J connectivity index is 1.48. The summed E-state index contributed by atoms with van der Waals surface area (Å²) in [7, 11) is -9.18. The first-order valence-corrected chi connectivity index (χ1v) is 21.6. The Hall–Kier alpha value is -2.88. The third kappa shape index (κ3) is 9.80. The number of nitrogens with zero attached hydrogens (tertiary/aromatic N) is 3. The summed E-state index contributed by atoms with van der Waals surface area (Å²) in [6.07, 6.45) is 9.45. The van der Waals surface area contributed by atoms with Gasteiger partial charge in [0.05, 0.1) is 26.5 Å². The summed E-state index contributed by atoms with van der Waals surface area (Å²) in [5.41, 5.74) is -2.91. The van der Waals surface area contributed by atoms with Crippen LogP contribution in [0.1, 0.15) is 43.5 Å². The molecule has 0 saturated heterocycles. The van der Waals surface area contributed by atoms with Crippen LogP contribution in [0.4, 0.5) is 18.9 Å². The SMILES string of the molecule is CN(C1=C(/C=C/c2sc3ccccc3[n+]2CCCCS(=O)(=O)[O-])CC/C1=C\C=C1/Sc2ccccc2N1CCCCSOO[O-])S(=O)(=O)C(F)(F)F. The second-order valence-corrected chi connectivity index (χ2v) is 18.1. The minimum absolute atomic E-state index is 0.0524. The molecule has 52 heavy (non-hydrogen) atoms. The van der Waals surface area contributed by atoms with Gasteiger partial charge in [-0.05, 0) is 73.6 Å². The average molecular weight is 819 g/mol. The van der Waals surface area contributed by atoms with Crippen molar-refractivity contribution in [2.24, 2.45) is 0 Å². The Bertz CT molecular complexity index is 2100. The van der Waals surface area contributed by atoms with E-state index in [0.717, 1.165) is 62.8 Å². The van der Waals surface area contributed by atoms with Crippen LogP contribution >= 0.6 is 35.1 Å². The topological polar surface area (TPSA) is 143 Å². The van der Waals surface area contributed by atoms with E-state index in [-0.39, 0.29) is 18.5 Å². The summed E-state index contributed by atoms with van der Waals surface area (Å²) in [5, 5.41) is 15.0. The first-order chi connectivity index (χ1) is 24.7. The van der Waals surface area contributed by atoms with Gasteiger partial charge in [-0.3, -0.25) is 9.34 Å². The molecule has 3 aromatic rings. The van der Waals surface area contributed by atoms with Crippen LogP contribution < -0.4 is 14.7 Å². The minimum Gasteiger partial charge on any atom is -0.748 e. The maximum Gasteiger partial charge on any atom is 0.516 e. The summed E-state index contributed by atoms with van der Waals surface area (Å²) in [4.78, 5) is 3.09. The van der Waals surface area contributed by atoms with Crippen molar-refractivity contribution in [3.8, 4) is 0 Å². The number of hydrogen-bond donors (Lipinski definition) is 0. The van der Waals surface area contributed by atoms with E-state index >= 15 is 0 Å². The predicted octanol–water partition coefficient (Wildman–Crippen LogP) is 6.39. The molecule has 2 heterocycles. The van der Waals surface area contributed by atoms with E-state index in [2.05, 4.69) is 14.3 Å². The zero-order valence-electron chi connectivity index (χ0n) is 27.8. The number of para-hydroxylation sites is 2. The van der Waals surface area contributed by atoms with Crippen molar-refractivity contribution in [1.82, 2.24) is 4.31 Å². The molecule has 11 nitrogen and oxygen atoms in total. The van der Waals surface area contributed by atoms with Crippen LogP contribution in [-0.2, 0) is 36.1 Å². The Morgan fingerprint density at radius 1 is 1.00 bits per heavy atom. The van der Waals surface area contributed by atoms with E-state index in [0.29, 0.717) is 47.1 Å². The molecule has 0 bridgehead atoms. The van der Waals surface area contributed by atoms with Gasteiger partial charge in [-0.15, -0.1) is 0 Å². The van der Waals surface area contributed by atoms with Gasteiger partial charge in [0.25, 0.3) is 5.01 Å². The molecule has 0 saturated carbocycles. The molecule has 0 N–H and O–H groups in total. The normalized spacial score (nSPS) is 17.1. The number of unbranched alkanes of at least 4 members (excludes halogenated alkanes) is 2. The second-order valence-electron chi connectivity index (χ2n) is 11.7. The van der Waals surface area contributed by atoms with Gasteiger partial charge in [-0.2, -0.15) is 30.5 Å². The monoisotopic (exact) mass is 818 g/mol. The van der Waals surface area contributed by atoms with Crippen molar-refractivity contribution in [2.75, 3.05) is 30.0 Å². The first kappa shape index (κ1) is 40.3. The van der Waals surface area contributed by atoms with Crippen molar-refractivity contribution in [3.63, 3.8) is 0 Å². The number of thioether (sulfide) groups is 1. The molecule has 2 aliphatic rings. The lowest BCUT2D eigenvalue weighted by atomic mass is 10.2. The first-order valence-electron chi connectivity index (χ1n) is 16.1. The predicted molar refractivity (Wildman–Crippen MR) is 194 cm³/mol. The Morgan fingerprint density at radius 3 is 2.50 bits per heavy atom. The second kappa shape index (κ2) is 17.5. The molecule has 282 valence electrons. The number of hydrogen-bond acceptors (Lipinski definition) is 12. The molecule has 2 aromatic carbocycles. The van der Waals surface area contributed by atoms with E-state index < -0.39 is 31.4 Å². The number of rotatable bonds is 17. The molecule has 1 aliphatic carbocycles. The number of likely N-dealkylation sites (N-methyl/N-ethyl adjacent to an activating group) is 1. The summed E-state index contributed by atoms with van der Waals surface area (Å²) >= 11 is 3.83. The van der Waals surface area contributed by atoms with Gasteiger partial charge in [0.1, 0.15) is 4.70 Å². The maximum atomic E-state index is 13.9. The zero-order chi connectivity index (χ0) is 37.5. The van der Waals surface area contributed by atoms with Crippen LogP contribution in [0.15, 0.2) is 93.5 Å². The molecular formula is C33H35F3N3O8S5-.